The number of nitrogens with zero attached hydrogens (tertiary/aromatic N) is 1. The highest BCUT2D eigenvalue weighted by Crippen LogP contribution is 2.37. The summed E-state index contributed by atoms with van der Waals surface area (Å²) < 4.78 is 11.6. The minimum Gasteiger partial charge on any atom is -0.460 e. The molecule has 29 heavy (non-hydrogen) atoms. The number of furan rings is 1. The van der Waals surface area contributed by atoms with Gasteiger partial charge in [-0.15, -0.1) is 11.3 Å². The summed E-state index contributed by atoms with van der Waals surface area (Å²) in [6, 6.07) is 9.97. The number of quaternary nitrogens is 1. The first-order chi connectivity index (χ1) is 14.0. The number of hydrogen-bond donors (Lipinski definition) is 2. The number of nitrogens with one attached hydrogen (secondary N) is 2. The van der Waals surface area contributed by atoms with Crippen LogP contribution in [-0.4, -0.2) is 24.5 Å². The van der Waals surface area contributed by atoms with Crippen LogP contribution < -0.4 is 10.2 Å². The smallest absolute Gasteiger partial charge is 0.278 e. The molecule has 0 aliphatic carbocycles. The Kier molecular flexibility index (Phi) is 4.29. The standard InChI is InChI=1S/C22H21N3O3S/c1-12-10-25(3)13(2)18-15-9-14(6-7-16(15)28-20(12)18)24-22(26)19-21(27-11-23-19)17-5-4-8-29-17/h4-9,11-13H,10H2,1-3H3,(H,24,26)/p+1/t12-,13-/m1/s1. The van der Waals surface area contributed by atoms with E-state index in [1.165, 1.54) is 28.2 Å². The summed E-state index contributed by atoms with van der Waals surface area (Å²) in [5, 5.41) is 5.97. The van der Waals surface area contributed by atoms with Gasteiger partial charge >= 0.3 is 0 Å². The summed E-state index contributed by atoms with van der Waals surface area (Å²) in [5.41, 5.74) is 3.11. The zero-order valence-corrected chi connectivity index (χ0v) is 17.3. The molecule has 3 aromatic heterocycles. The number of carbonyl (C=O) groups excluding carboxylic acids is 1. The first kappa shape index (κ1) is 18.1. The minimum absolute atomic E-state index is 0.285. The molecule has 7 heteroatoms. The molecule has 2 N–H and O–H groups in total. The lowest BCUT2D eigenvalue weighted by Crippen LogP contribution is -3.10. The molecule has 1 aliphatic heterocycles. The van der Waals surface area contributed by atoms with E-state index in [1.807, 2.05) is 35.7 Å². The van der Waals surface area contributed by atoms with E-state index in [0.29, 0.717) is 23.4 Å². The van der Waals surface area contributed by atoms with Crippen LogP contribution in [0.1, 0.15) is 47.6 Å². The molecule has 0 fully saturated rings. The Morgan fingerprint density at radius 2 is 2.17 bits per heavy atom. The Hall–Kier alpha value is -2.90. The number of carbonyl (C=O) groups is 1. The van der Waals surface area contributed by atoms with Crippen molar-refractivity contribution in [3.8, 4) is 10.6 Å². The van der Waals surface area contributed by atoms with Crippen LogP contribution in [0.3, 0.4) is 0 Å². The molecule has 0 bridgehead atoms. The lowest BCUT2D eigenvalue weighted by Gasteiger charge is -2.29. The van der Waals surface area contributed by atoms with Gasteiger partial charge in [0.15, 0.2) is 17.8 Å². The Morgan fingerprint density at radius 3 is 2.97 bits per heavy atom. The molecule has 0 spiro atoms. The van der Waals surface area contributed by atoms with E-state index >= 15 is 0 Å². The monoisotopic (exact) mass is 408 g/mol. The van der Waals surface area contributed by atoms with E-state index in [2.05, 4.69) is 31.2 Å². The van der Waals surface area contributed by atoms with Gasteiger partial charge in [0.1, 0.15) is 17.4 Å². The molecule has 0 saturated carbocycles. The second-order valence-electron chi connectivity index (χ2n) is 7.73. The molecule has 1 unspecified atom stereocenters. The van der Waals surface area contributed by atoms with Crippen molar-refractivity contribution in [2.75, 3.05) is 18.9 Å². The van der Waals surface area contributed by atoms with Crippen molar-refractivity contribution in [3.63, 3.8) is 0 Å². The number of rotatable bonds is 3. The number of thiophene rings is 1. The van der Waals surface area contributed by atoms with E-state index < -0.39 is 0 Å². The maximum absolute atomic E-state index is 12.9. The van der Waals surface area contributed by atoms with Crippen LogP contribution in [-0.2, 0) is 0 Å². The average molecular weight is 409 g/mol. The highest BCUT2D eigenvalue weighted by molar-refractivity contribution is 7.13. The Labute approximate surface area is 172 Å². The maximum atomic E-state index is 12.9. The summed E-state index contributed by atoms with van der Waals surface area (Å²) in [6.07, 6.45) is 1.31. The van der Waals surface area contributed by atoms with Gasteiger partial charge in [-0.3, -0.25) is 4.79 Å². The zero-order valence-electron chi connectivity index (χ0n) is 16.5. The summed E-state index contributed by atoms with van der Waals surface area (Å²) in [6.45, 7) is 5.48. The molecular weight excluding hydrogens is 386 g/mol. The summed E-state index contributed by atoms with van der Waals surface area (Å²) in [7, 11) is 2.21. The van der Waals surface area contributed by atoms with Crippen molar-refractivity contribution in [3.05, 3.63) is 59.1 Å². The van der Waals surface area contributed by atoms with Gasteiger partial charge in [0.05, 0.1) is 30.0 Å². The van der Waals surface area contributed by atoms with E-state index in [1.54, 1.807) is 0 Å². The van der Waals surface area contributed by atoms with Crippen LogP contribution in [0, 0.1) is 0 Å². The summed E-state index contributed by atoms with van der Waals surface area (Å²) >= 11 is 1.51. The third kappa shape index (κ3) is 2.97. The molecule has 4 aromatic rings. The molecule has 1 aromatic carbocycles. The maximum Gasteiger partial charge on any atom is 0.278 e. The Bertz CT molecular complexity index is 1190. The van der Waals surface area contributed by atoms with Gasteiger partial charge in [-0.05, 0) is 43.5 Å². The second kappa shape index (κ2) is 6.86. The van der Waals surface area contributed by atoms with Gasteiger partial charge in [-0.2, -0.15) is 0 Å². The topological polar surface area (TPSA) is 72.7 Å². The van der Waals surface area contributed by atoms with Crippen molar-refractivity contribution in [1.29, 1.82) is 0 Å². The van der Waals surface area contributed by atoms with Crippen molar-refractivity contribution in [2.24, 2.45) is 0 Å². The number of aromatic nitrogens is 1. The van der Waals surface area contributed by atoms with Crippen molar-refractivity contribution in [1.82, 2.24) is 4.98 Å². The number of fused-ring (bicyclic) bond motifs is 3. The third-order valence-corrected chi connectivity index (χ3v) is 6.66. The molecule has 6 nitrogen and oxygen atoms in total. The highest BCUT2D eigenvalue weighted by Gasteiger charge is 2.34. The van der Waals surface area contributed by atoms with Gasteiger partial charge in [0.2, 0.25) is 0 Å². The molecule has 1 aliphatic rings. The van der Waals surface area contributed by atoms with E-state index in [4.69, 9.17) is 8.83 Å². The molecule has 1 amide bonds. The van der Waals surface area contributed by atoms with Crippen LogP contribution in [0.4, 0.5) is 5.69 Å². The zero-order chi connectivity index (χ0) is 20.1. The predicted octanol–water partition coefficient (Wildman–Crippen LogP) is 4.09. The largest absolute Gasteiger partial charge is 0.460 e. The van der Waals surface area contributed by atoms with E-state index in [0.717, 1.165) is 28.2 Å². The normalized spacial score (nSPS) is 21.3. The van der Waals surface area contributed by atoms with Crippen LogP contribution in [0.25, 0.3) is 21.6 Å². The molecule has 148 valence electrons. The fourth-order valence-corrected chi connectivity index (χ4v) is 4.92. The van der Waals surface area contributed by atoms with Crippen LogP contribution >= 0.6 is 11.3 Å². The highest BCUT2D eigenvalue weighted by atomic mass is 32.1. The lowest BCUT2D eigenvalue weighted by atomic mass is 9.92. The van der Waals surface area contributed by atoms with Gasteiger partial charge in [0, 0.05) is 11.1 Å². The van der Waals surface area contributed by atoms with E-state index in [9.17, 15) is 4.79 Å². The number of likely N-dealkylation sites (N-methyl/N-ethyl adjacent to an activating group) is 1. The Morgan fingerprint density at radius 1 is 1.31 bits per heavy atom. The van der Waals surface area contributed by atoms with E-state index in [-0.39, 0.29) is 11.6 Å². The number of amides is 1. The van der Waals surface area contributed by atoms with Crippen molar-refractivity contribution >= 4 is 33.9 Å². The fourth-order valence-electron chi connectivity index (χ4n) is 4.21. The molecule has 0 radical (unpaired) electrons. The van der Waals surface area contributed by atoms with Gasteiger partial charge in [0.25, 0.3) is 5.91 Å². The van der Waals surface area contributed by atoms with Crippen molar-refractivity contribution in [2.45, 2.75) is 25.8 Å². The number of benzene rings is 1. The third-order valence-electron chi connectivity index (χ3n) is 5.79. The number of anilines is 1. The molecule has 5 rings (SSSR count). The molecule has 0 saturated heterocycles. The number of oxazole rings is 1. The number of hydrogen-bond acceptors (Lipinski definition) is 5. The summed E-state index contributed by atoms with van der Waals surface area (Å²) in [4.78, 5) is 19.3. The van der Waals surface area contributed by atoms with Crippen LogP contribution in [0.5, 0.6) is 0 Å². The van der Waals surface area contributed by atoms with Crippen molar-refractivity contribution < 1.29 is 18.5 Å². The van der Waals surface area contributed by atoms with Crippen LogP contribution in [0.2, 0.25) is 0 Å². The van der Waals surface area contributed by atoms with Crippen LogP contribution in [0.15, 0.2) is 50.9 Å². The Balaban J connectivity index is 1.49. The molecule has 4 heterocycles. The lowest BCUT2D eigenvalue weighted by molar-refractivity contribution is -0.914. The second-order valence-corrected chi connectivity index (χ2v) is 8.67. The molecular formula is C22H22N3O3S+. The first-order valence-corrected chi connectivity index (χ1v) is 10.6. The predicted molar refractivity (Wildman–Crippen MR) is 113 cm³/mol. The van der Waals surface area contributed by atoms with Gasteiger partial charge < -0.3 is 19.1 Å². The van der Waals surface area contributed by atoms with Gasteiger partial charge in [-0.1, -0.05) is 6.07 Å². The quantitative estimate of drug-likeness (QED) is 0.535. The molecule has 3 atom stereocenters. The SMILES string of the molecule is C[C@@H]1C[NH+](C)[C@H](C)c2c1oc1ccc(NC(=O)c3ncoc3-c3cccs3)cc21. The fraction of sp³-hybridized carbons (Fsp3) is 0.273. The van der Waals surface area contributed by atoms with Gasteiger partial charge in [-0.25, -0.2) is 4.98 Å². The minimum atomic E-state index is -0.289. The average Bonchev–Trinajstić information content (AvgIpc) is 3.44. The first-order valence-electron chi connectivity index (χ1n) is 9.70. The summed E-state index contributed by atoms with van der Waals surface area (Å²) in [5.74, 6) is 1.64.